The summed E-state index contributed by atoms with van der Waals surface area (Å²) in [7, 11) is 1.71. The van der Waals surface area contributed by atoms with E-state index in [9.17, 15) is 4.79 Å². The molecule has 1 aromatic carbocycles. The van der Waals surface area contributed by atoms with Crippen LogP contribution >= 0.6 is 0 Å². The van der Waals surface area contributed by atoms with Gasteiger partial charge in [0.2, 0.25) is 0 Å². The minimum absolute atomic E-state index is 0.206. The molecule has 1 aromatic rings. The molecule has 0 amide bonds. The van der Waals surface area contributed by atoms with E-state index in [1.165, 1.54) is 12.8 Å². The van der Waals surface area contributed by atoms with Crippen LogP contribution in [0.25, 0.3) is 0 Å². The summed E-state index contributed by atoms with van der Waals surface area (Å²) < 4.78 is 5.18. The van der Waals surface area contributed by atoms with E-state index in [2.05, 4.69) is 11.8 Å². The molecule has 1 unspecified atom stereocenters. The second kappa shape index (κ2) is 7.00. The number of rotatable bonds is 8. The van der Waals surface area contributed by atoms with Crippen LogP contribution < -0.4 is 0 Å². The van der Waals surface area contributed by atoms with Crippen molar-refractivity contribution in [2.45, 2.75) is 32.7 Å². The van der Waals surface area contributed by atoms with Crippen molar-refractivity contribution < 1.29 is 9.53 Å². The molecule has 110 valence electrons. The Labute approximate surface area is 121 Å². The highest BCUT2D eigenvalue weighted by atomic mass is 16.5. The van der Waals surface area contributed by atoms with Gasteiger partial charge in [-0.1, -0.05) is 23.8 Å². The van der Waals surface area contributed by atoms with Crippen LogP contribution in [0.5, 0.6) is 0 Å². The highest BCUT2D eigenvalue weighted by Crippen LogP contribution is 2.35. The number of nitrogens with zero attached hydrogens (tertiary/aromatic N) is 1. The fourth-order valence-electron chi connectivity index (χ4n) is 2.61. The maximum Gasteiger partial charge on any atom is 0.176 e. The van der Waals surface area contributed by atoms with E-state index in [0.717, 1.165) is 23.6 Å². The molecule has 0 spiro atoms. The molecule has 0 bridgehead atoms. The van der Waals surface area contributed by atoms with Crippen molar-refractivity contribution in [2.75, 3.05) is 26.8 Å². The molecule has 1 aliphatic carbocycles. The second-order valence-corrected chi connectivity index (χ2v) is 5.83. The first-order chi connectivity index (χ1) is 9.61. The molecule has 0 aromatic heterocycles. The zero-order valence-corrected chi connectivity index (χ0v) is 12.8. The van der Waals surface area contributed by atoms with Crippen molar-refractivity contribution in [1.82, 2.24) is 4.90 Å². The molecule has 3 heteroatoms. The van der Waals surface area contributed by atoms with Crippen LogP contribution in [0, 0.1) is 12.8 Å². The molecule has 0 N–H and O–H groups in total. The standard InChI is InChI=1S/C17H25NO2/c1-13-5-4-6-16(11-13)17(19)12-18(9-10-20-3)14(2)15-7-8-15/h4-6,11,14-15H,7-10,12H2,1-3H3. The third-order valence-corrected chi connectivity index (χ3v) is 4.15. The summed E-state index contributed by atoms with van der Waals surface area (Å²) in [5.41, 5.74) is 1.95. The summed E-state index contributed by atoms with van der Waals surface area (Å²) in [5.74, 6) is 0.967. The minimum Gasteiger partial charge on any atom is -0.383 e. The van der Waals surface area contributed by atoms with Crippen molar-refractivity contribution in [2.24, 2.45) is 5.92 Å². The Morgan fingerprint density at radius 2 is 2.20 bits per heavy atom. The van der Waals surface area contributed by atoms with Crippen LogP contribution in [-0.2, 0) is 4.74 Å². The normalized spacial score (nSPS) is 16.4. The van der Waals surface area contributed by atoms with E-state index >= 15 is 0 Å². The molecule has 2 rings (SSSR count). The third-order valence-electron chi connectivity index (χ3n) is 4.15. The number of hydrogen-bond donors (Lipinski definition) is 0. The fourth-order valence-corrected chi connectivity index (χ4v) is 2.61. The van der Waals surface area contributed by atoms with E-state index < -0.39 is 0 Å². The van der Waals surface area contributed by atoms with Crippen LogP contribution in [0.2, 0.25) is 0 Å². The van der Waals surface area contributed by atoms with Crippen molar-refractivity contribution in [3.8, 4) is 0 Å². The van der Waals surface area contributed by atoms with E-state index in [0.29, 0.717) is 19.2 Å². The lowest BCUT2D eigenvalue weighted by Gasteiger charge is -2.28. The molecule has 1 saturated carbocycles. The molecule has 1 aliphatic rings. The predicted octanol–water partition coefficient (Wildman–Crippen LogP) is 2.92. The van der Waals surface area contributed by atoms with Gasteiger partial charge in [0, 0.05) is 25.3 Å². The lowest BCUT2D eigenvalue weighted by atomic mass is 10.1. The average molecular weight is 275 g/mol. The first kappa shape index (κ1) is 15.2. The van der Waals surface area contributed by atoms with Crippen LogP contribution in [0.4, 0.5) is 0 Å². The quantitative estimate of drug-likeness (QED) is 0.683. The fraction of sp³-hybridized carbons (Fsp3) is 0.588. The van der Waals surface area contributed by atoms with Gasteiger partial charge in [0.25, 0.3) is 0 Å². The van der Waals surface area contributed by atoms with Crippen molar-refractivity contribution in [3.63, 3.8) is 0 Å². The first-order valence-electron chi connectivity index (χ1n) is 7.44. The van der Waals surface area contributed by atoms with Crippen LogP contribution in [0.3, 0.4) is 0 Å². The van der Waals surface area contributed by atoms with Gasteiger partial charge in [0.05, 0.1) is 13.2 Å². The van der Waals surface area contributed by atoms with Crippen molar-refractivity contribution in [1.29, 1.82) is 0 Å². The summed E-state index contributed by atoms with van der Waals surface area (Å²) in [6.45, 7) is 6.25. The first-order valence-corrected chi connectivity index (χ1v) is 7.44. The van der Waals surface area contributed by atoms with Gasteiger partial charge in [-0.3, -0.25) is 9.69 Å². The second-order valence-electron chi connectivity index (χ2n) is 5.83. The number of aryl methyl sites for hydroxylation is 1. The number of methoxy groups -OCH3 is 1. The Morgan fingerprint density at radius 3 is 2.80 bits per heavy atom. The maximum absolute atomic E-state index is 12.4. The Balaban J connectivity index is 2.00. The molecule has 20 heavy (non-hydrogen) atoms. The van der Waals surface area contributed by atoms with Gasteiger partial charge in [-0.25, -0.2) is 0 Å². The molecule has 1 atom stereocenters. The topological polar surface area (TPSA) is 29.5 Å². The number of carbonyl (C=O) groups is 1. The number of carbonyl (C=O) groups excluding carboxylic acids is 1. The zero-order chi connectivity index (χ0) is 14.5. The molecule has 0 heterocycles. The molecular weight excluding hydrogens is 250 g/mol. The Hall–Kier alpha value is -1.19. The summed E-state index contributed by atoms with van der Waals surface area (Å²) in [5, 5.41) is 0. The van der Waals surface area contributed by atoms with Crippen LogP contribution in [0.15, 0.2) is 24.3 Å². The molecule has 0 saturated heterocycles. The van der Waals surface area contributed by atoms with Gasteiger partial charge in [-0.15, -0.1) is 0 Å². The van der Waals surface area contributed by atoms with Gasteiger partial charge in [0.1, 0.15) is 0 Å². The van der Waals surface area contributed by atoms with Gasteiger partial charge >= 0.3 is 0 Å². The van der Waals surface area contributed by atoms with Crippen LogP contribution in [0.1, 0.15) is 35.7 Å². The summed E-state index contributed by atoms with van der Waals surface area (Å²) in [4.78, 5) is 14.7. The molecular formula is C17H25NO2. The number of ether oxygens (including phenoxy) is 1. The Morgan fingerprint density at radius 1 is 1.45 bits per heavy atom. The zero-order valence-electron chi connectivity index (χ0n) is 12.8. The minimum atomic E-state index is 0.206. The molecule has 3 nitrogen and oxygen atoms in total. The average Bonchev–Trinajstić information content (AvgIpc) is 3.27. The van der Waals surface area contributed by atoms with Gasteiger partial charge in [0.15, 0.2) is 5.78 Å². The predicted molar refractivity (Wildman–Crippen MR) is 81.1 cm³/mol. The number of Topliss-reactive ketones (excluding diaryl/α,β-unsaturated/α-hetero) is 1. The summed E-state index contributed by atoms with van der Waals surface area (Å²) in [6.07, 6.45) is 2.59. The highest BCUT2D eigenvalue weighted by Gasteiger charge is 2.32. The summed E-state index contributed by atoms with van der Waals surface area (Å²) >= 11 is 0. The smallest absolute Gasteiger partial charge is 0.176 e. The molecule has 0 aliphatic heterocycles. The number of hydrogen-bond acceptors (Lipinski definition) is 3. The van der Waals surface area contributed by atoms with E-state index in [-0.39, 0.29) is 5.78 Å². The summed E-state index contributed by atoms with van der Waals surface area (Å²) in [6, 6.07) is 8.32. The number of ketones is 1. The van der Waals surface area contributed by atoms with E-state index in [4.69, 9.17) is 4.74 Å². The highest BCUT2D eigenvalue weighted by molar-refractivity contribution is 5.97. The molecule has 1 fully saturated rings. The number of benzene rings is 1. The van der Waals surface area contributed by atoms with Crippen molar-refractivity contribution >= 4 is 5.78 Å². The lowest BCUT2D eigenvalue weighted by molar-refractivity contribution is 0.0816. The van der Waals surface area contributed by atoms with Gasteiger partial charge in [-0.05, 0) is 38.7 Å². The Bertz CT molecular complexity index is 454. The maximum atomic E-state index is 12.4. The van der Waals surface area contributed by atoms with Crippen molar-refractivity contribution in [3.05, 3.63) is 35.4 Å². The van der Waals surface area contributed by atoms with Gasteiger partial charge in [-0.2, -0.15) is 0 Å². The SMILES string of the molecule is COCCN(CC(=O)c1cccc(C)c1)C(C)C1CC1. The molecule has 0 radical (unpaired) electrons. The van der Waals surface area contributed by atoms with Crippen LogP contribution in [-0.4, -0.2) is 43.5 Å². The van der Waals surface area contributed by atoms with E-state index in [1.54, 1.807) is 7.11 Å². The lowest BCUT2D eigenvalue weighted by Crippen LogP contribution is -2.40. The van der Waals surface area contributed by atoms with Gasteiger partial charge < -0.3 is 4.74 Å². The monoisotopic (exact) mass is 275 g/mol. The third kappa shape index (κ3) is 4.15. The largest absolute Gasteiger partial charge is 0.383 e. The Kier molecular flexibility index (Phi) is 5.32. The van der Waals surface area contributed by atoms with E-state index in [1.807, 2.05) is 31.2 Å².